The van der Waals surface area contributed by atoms with Crippen LogP contribution < -0.4 is 0 Å². The van der Waals surface area contributed by atoms with Gasteiger partial charge >= 0.3 is 6.09 Å². The van der Waals surface area contributed by atoms with E-state index in [1.165, 1.54) is 0 Å². The van der Waals surface area contributed by atoms with E-state index in [2.05, 4.69) is 27.7 Å². The van der Waals surface area contributed by atoms with Gasteiger partial charge in [0.15, 0.2) is 0 Å². The van der Waals surface area contributed by atoms with Crippen LogP contribution in [0, 0.1) is 11.8 Å². The summed E-state index contributed by atoms with van der Waals surface area (Å²) in [7, 11) is 0. The highest BCUT2D eigenvalue weighted by molar-refractivity contribution is 5.68. The minimum absolute atomic E-state index is 0.177. The summed E-state index contributed by atoms with van der Waals surface area (Å²) >= 11 is 0. The van der Waals surface area contributed by atoms with Crippen LogP contribution in [0.15, 0.2) is 0 Å². The summed E-state index contributed by atoms with van der Waals surface area (Å²) < 4.78 is 5.45. The Morgan fingerprint density at radius 1 is 1.00 bits per heavy atom. The molecule has 108 valence electrons. The van der Waals surface area contributed by atoms with E-state index < -0.39 is 5.60 Å². The predicted molar refractivity (Wildman–Crippen MR) is 76.7 cm³/mol. The lowest BCUT2D eigenvalue weighted by atomic mass is 10.1. The van der Waals surface area contributed by atoms with E-state index in [1.54, 1.807) is 0 Å². The number of carbonyl (C=O) groups excluding carboxylic acids is 1. The molecule has 3 nitrogen and oxygen atoms in total. The van der Waals surface area contributed by atoms with Crippen LogP contribution in [0.1, 0.15) is 61.3 Å². The summed E-state index contributed by atoms with van der Waals surface area (Å²) in [5, 5.41) is 0. The number of carbonyl (C=O) groups is 1. The summed E-state index contributed by atoms with van der Waals surface area (Å²) in [5.74, 6) is 1.21. The molecule has 0 spiro atoms. The summed E-state index contributed by atoms with van der Waals surface area (Å²) in [6.07, 6.45) is 1.87. The number of amides is 1. The Bertz CT molecular complexity index is 229. The van der Waals surface area contributed by atoms with Crippen molar-refractivity contribution in [2.24, 2.45) is 11.8 Å². The average molecular weight is 257 g/mol. The highest BCUT2D eigenvalue weighted by atomic mass is 16.6. The number of hydrogen-bond acceptors (Lipinski definition) is 2. The third-order valence-corrected chi connectivity index (χ3v) is 2.60. The molecular formula is C15H31NO2. The molecule has 0 saturated heterocycles. The third-order valence-electron chi connectivity index (χ3n) is 2.60. The molecule has 0 aliphatic carbocycles. The van der Waals surface area contributed by atoms with Gasteiger partial charge in [-0.25, -0.2) is 4.79 Å². The maximum Gasteiger partial charge on any atom is 0.410 e. The van der Waals surface area contributed by atoms with Gasteiger partial charge in [0.25, 0.3) is 0 Å². The van der Waals surface area contributed by atoms with Crippen molar-refractivity contribution in [1.82, 2.24) is 4.90 Å². The minimum atomic E-state index is -0.412. The molecule has 0 rings (SSSR count). The molecule has 0 aliphatic heterocycles. The molecule has 0 aromatic heterocycles. The maximum absolute atomic E-state index is 12.1. The lowest BCUT2D eigenvalue weighted by molar-refractivity contribution is 0.0235. The van der Waals surface area contributed by atoms with Crippen molar-refractivity contribution in [2.75, 3.05) is 13.1 Å². The van der Waals surface area contributed by atoms with Crippen LogP contribution in [0.2, 0.25) is 0 Å². The second kappa shape index (κ2) is 7.65. The SMILES string of the molecule is CC(C)CCN(CCC(C)C)C(=O)OC(C)(C)C. The lowest BCUT2D eigenvalue weighted by Crippen LogP contribution is -2.38. The van der Waals surface area contributed by atoms with Gasteiger partial charge in [0.2, 0.25) is 0 Å². The topological polar surface area (TPSA) is 29.5 Å². The molecule has 18 heavy (non-hydrogen) atoms. The Morgan fingerprint density at radius 3 is 1.67 bits per heavy atom. The molecule has 0 heterocycles. The molecule has 0 fully saturated rings. The zero-order chi connectivity index (χ0) is 14.3. The molecule has 0 radical (unpaired) electrons. The van der Waals surface area contributed by atoms with Crippen LogP contribution in [0.4, 0.5) is 4.79 Å². The molecule has 0 aliphatic rings. The van der Waals surface area contributed by atoms with Crippen molar-refractivity contribution in [1.29, 1.82) is 0 Å². The second-order valence-electron chi connectivity index (χ2n) is 6.83. The van der Waals surface area contributed by atoms with Gasteiger partial charge in [-0.15, -0.1) is 0 Å². The molecular weight excluding hydrogens is 226 g/mol. The standard InChI is InChI=1S/C15H31NO2/c1-12(2)8-10-16(11-9-13(3)4)14(17)18-15(5,6)7/h12-13H,8-11H2,1-7H3. The molecule has 0 unspecified atom stereocenters. The van der Waals surface area contributed by atoms with Gasteiger partial charge in [0, 0.05) is 13.1 Å². The Kier molecular flexibility index (Phi) is 7.34. The van der Waals surface area contributed by atoms with E-state index in [0.717, 1.165) is 25.9 Å². The van der Waals surface area contributed by atoms with Gasteiger partial charge < -0.3 is 9.64 Å². The van der Waals surface area contributed by atoms with E-state index in [1.807, 2.05) is 25.7 Å². The van der Waals surface area contributed by atoms with E-state index in [0.29, 0.717) is 11.8 Å². The van der Waals surface area contributed by atoms with E-state index in [9.17, 15) is 4.79 Å². The van der Waals surface area contributed by atoms with Crippen LogP contribution in [-0.4, -0.2) is 29.7 Å². The van der Waals surface area contributed by atoms with Gasteiger partial charge in [-0.05, 0) is 45.4 Å². The van der Waals surface area contributed by atoms with Crippen LogP contribution in [0.25, 0.3) is 0 Å². The highest BCUT2D eigenvalue weighted by Gasteiger charge is 2.22. The molecule has 0 N–H and O–H groups in total. The Morgan fingerprint density at radius 2 is 1.39 bits per heavy atom. The molecule has 3 heteroatoms. The quantitative estimate of drug-likeness (QED) is 0.709. The van der Waals surface area contributed by atoms with Gasteiger partial charge in [-0.1, -0.05) is 27.7 Å². The Labute approximate surface area is 113 Å². The van der Waals surface area contributed by atoms with Crippen molar-refractivity contribution in [2.45, 2.75) is 66.9 Å². The zero-order valence-corrected chi connectivity index (χ0v) is 13.2. The van der Waals surface area contributed by atoms with Gasteiger partial charge in [0.1, 0.15) is 5.60 Å². The highest BCUT2D eigenvalue weighted by Crippen LogP contribution is 2.13. The van der Waals surface area contributed by atoms with E-state index in [4.69, 9.17) is 4.74 Å². The largest absolute Gasteiger partial charge is 0.444 e. The second-order valence-corrected chi connectivity index (χ2v) is 6.83. The summed E-state index contributed by atoms with van der Waals surface area (Å²) in [6, 6.07) is 0. The fraction of sp³-hybridized carbons (Fsp3) is 0.933. The molecule has 0 aromatic carbocycles. The molecule has 0 saturated carbocycles. The molecule has 0 aromatic rings. The van der Waals surface area contributed by atoms with E-state index >= 15 is 0 Å². The summed E-state index contributed by atoms with van der Waals surface area (Å²) in [5.41, 5.74) is -0.412. The normalized spacial score (nSPS) is 12.1. The van der Waals surface area contributed by atoms with Gasteiger partial charge in [-0.2, -0.15) is 0 Å². The number of ether oxygens (including phenoxy) is 1. The van der Waals surface area contributed by atoms with Crippen LogP contribution in [0.3, 0.4) is 0 Å². The first-order valence-electron chi connectivity index (χ1n) is 7.09. The fourth-order valence-corrected chi connectivity index (χ4v) is 1.45. The molecule has 1 amide bonds. The maximum atomic E-state index is 12.1. The van der Waals surface area contributed by atoms with Crippen molar-refractivity contribution in [3.63, 3.8) is 0 Å². The summed E-state index contributed by atoms with van der Waals surface area (Å²) in [4.78, 5) is 13.9. The predicted octanol–water partition coefficient (Wildman–Crippen LogP) is 4.32. The smallest absolute Gasteiger partial charge is 0.410 e. The molecule has 0 bridgehead atoms. The van der Waals surface area contributed by atoms with Crippen LogP contribution in [-0.2, 0) is 4.74 Å². The van der Waals surface area contributed by atoms with Gasteiger partial charge in [-0.3, -0.25) is 0 Å². The zero-order valence-electron chi connectivity index (χ0n) is 13.2. The lowest BCUT2D eigenvalue weighted by Gasteiger charge is -2.28. The monoisotopic (exact) mass is 257 g/mol. The average Bonchev–Trinajstić information content (AvgIpc) is 2.13. The van der Waals surface area contributed by atoms with E-state index in [-0.39, 0.29) is 6.09 Å². The Hall–Kier alpha value is -0.730. The number of nitrogens with zero attached hydrogens (tertiary/aromatic N) is 1. The first kappa shape index (κ1) is 17.3. The van der Waals surface area contributed by atoms with Gasteiger partial charge in [0.05, 0.1) is 0 Å². The minimum Gasteiger partial charge on any atom is -0.444 e. The molecule has 0 atom stereocenters. The number of hydrogen-bond donors (Lipinski definition) is 0. The number of rotatable bonds is 6. The Balaban J connectivity index is 4.39. The van der Waals surface area contributed by atoms with Crippen molar-refractivity contribution in [3.05, 3.63) is 0 Å². The van der Waals surface area contributed by atoms with Crippen molar-refractivity contribution < 1.29 is 9.53 Å². The van der Waals surface area contributed by atoms with Crippen molar-refractivity contribution >= 4 is 6.09 Å². The van der Waals surface area contributed by atoms with Crippen LogP contribution >= 0.6 is 0 Å². The summed E-state index contributed by atoms with van der Waals surface area (Å²) in [6.45, 7) is 16.0. The third kappa shape index (κ3) is 9.32. The first-order chi connectivity index (χ1) is 8.11. The first-order valence-corrected chi connectivity index (χ1v) is 7.09. The van der Waals surface area contributed by atoms with Crippen LogP contribution in [0.5, 0.6) is 0 Å². The van der Waals surface area contributed by atoms with Crippen molar-refractivity contribution in [3.8, 4) is 0 Å². The fourth-order valence-electron chi connectivity index (χ4n) is 1.45.